The molecule has 178 valence electrons. The molecule has 8 heteroatoms. The Morgan fingerprint density at radius 3 is 2.24 bits per heavy atom. The quantitative estimate of drug-likeness (QED) is 0.518. The van der Waals surface area contributed by atoms with Gasteiger partial charge in [0.05, 0.1) is 5.41 Å². The van der Waals surface area contributed by atoms with Gasteiger partial charge in [0.2, 0.25) is 5.91 Å². The Morgan fingerprint density at radius 2 is 1.62 bits per heavy atom. The Morgan fingerprint density at radius 1 is 1.00 bits per heavy atom. The van der Waals surface area contributed by atoms with Gasteiger partial charge in [0.15, 0.2) is 0 Å². The molecule has 0 spiro atoms. The Bertz CT molecular complexity index is 1040. The zero-order valence-corrected chi connectivity index (χ0v) is 18.8. The van der Waals surface area contributed by atoms with Crippen molar-refractivity contribution in [1.82, 2.24) is 10.6 Å². The van der Waals surface area contributed by atoms with E-state index in [2.05, 4.69) is 34.9 Å². The minimum Gasteiger partial charge on any atom is -0.481 e. The number of rotatable bonds is 8. The molecule has 1 fully saturated rings. The summed E-state index contributed by atoms with van der Waals surface area (Å²) in [4.78, 5) is 35.9. The highest BCUT2D eigenvalue weighted by Gasteiger charge is 2.40. The van der Waals surface area contributed by atoms with Crippen LogP contribution in [0.1, 0.15) is 29.9 Å². The number of aliphatic carboxylic acids is 1. The number of ether oxygens (including phenoxy) is 2. The molecule has 0 aromatic heterocycles. The highest BCUT2D eigenvalue weighted by molar-refractivity contribution is 5.88. The van der Waals surface area contributed by atoms with Crippen molar-refractivity contribution in [2.24, 2.45) is 5.41 Å². The van der Waals surface area contributed by atoms with Gasteiger partial charge >= 0.3 is 12.1 Å². The summed E-state index contributed by atoms with van der Waals surface area (Å²) in [5.41, 5.74) is 3.59. The van der Waals surface area contributed by atoms with Gasteiger partial charge in [-0.05, 0) is 35.1 Å². The molecule has 0 saturated carbocycles. The number of carbonyl (C=O) groups is 3. The van der Waals surface area contributed by atoms with Crippen LogP contribution >= 0.6 is 0 Å². The highest BCUT2D eigenvalue weighted by atomic mass is 16.5. The third-order valence-electron chi connectivity index (χ3n) is 6.48. The van der Waals surface area contributed by atoms with Crippen LogP contribution in [0, 0.1) is 5.41 Å². The van der Waals surface area contributed by atoms with Crippen molar-refractivity contribution in [3.8, 4) is 11.1 Å². The first-order valence-electron chi connectivity index (χ1n) is 11.3. The summed E-state index contributed by atoms with van der Waals surface area (Å²) >= 11 is 0. The van der Waals surface area contributed by atoms with Gasteiger partial charge in [0, 0.05) is 38.3 Å². The first-order valence-corrected chi connectivity index (χ1v) is 11.3. The van der Waals surface area contributed by atoms with Crippen molar-refractivity contribution in [3.63, 3.8) is 0 Å². The number of hydrogen-bond donors (Lipinski definition) is 3. The van der Waals surface area contributed by atoms with Crippen molar-refractivity contribution < 1.29 is 29.0 Å². The number of fused-ring (bicyclic) bond motifs is 3. The van der Waals surface area contributed by atoms with Crippen molar-refractivity contribution in [2.75, 3.05) is 32.9 Å². The van der Waals surface area contributed by atoms with Crippen LogP contribution in [-0.2, 0) is 19.1 Å². The van der Waals surface area contributed by atoms with Crippen LogP contribution in [0.25, 0.3) is 11.1 Å². The SMILES string of the molecule is O=C(/C=C/CNC(=O)OCC1c2ccccc2-c2ccccc21)NCC1(C(=O)O)CCOCC1. The lowest BCUT2D eigenvalue weighted by molar-refractivity contribution is -0.154. The van der Waals surface area contributed by atoms with Crippen LogP contribution in [0.2, 0.25) is 0 Å². The molecule has 8 nitrogen and oxygen atoms in total. The Hall–Kier alpha value is -3.65. The normalized spacial score (nSPS) is 16.5. The van der Waals surface area contributed by atoms with Gasteiger partial charge in [-0.15, -0.1) is 0 Å². The van der Waals surface area contributed by atoms with E-state index in [4.69, 9.17) is 9.47 Å². The van der Waals surface area contributed by atoms with Crippen molar-refractivity contribution in [2.45, 2.75) is 18.8 Å². The molecule has 0 atom stereocenters. The van der Waals surface area contributed by atoms with Crippen molar-refractivity contribution in [3.05, 3.63) is 71.8 Å². The molecule has 3 N–H and O–H groups in total. The van der Waals surface area contributed by atoms with Crippen LogP contribution in [0.3, 0.4) is 0 Å². The molecule has 1 heterocycles. The third-order valence-corrected chi connectivity index (χ3v) is 6.48. The topological polar surface area (TPSA) is 114 Å². The van der Waals surface area contributed by atoms with E-state index in [1.54, 1.807) is 0 Å². The summed E-state index contributed by atoms with van der Waals surface area (Å²) in [6.45, 7) is 1.09. The minimum absolute atomic E-state index is 0.0220. The summed E-state index contributed by atoms with van der Waals surface area (Å²) in [5, 5.41) is 14.8. The molecule has 2 aromatic carbocycles. The maximum atomic E-state index is 12.2. The summed E-state index contributed by atoms with van der Waals surface area (Å²) in [6, 6.07) is 16.2. The molecule has 0 radical (unpaired) electrons. The van der Waals surface area contributed by atoms with Gasteiger partial charge in [-0.25, -0.2) is 4.79 Å². The van der Waals surface area contributed by atoms with Gasteiger partial charge < -0.3 is 25.2 Å². The van der Waals surface area contributed by atoms with Crippen LogP contribution in [0.15, 0.2) is 60.7 Å². The third kappa shape index (κ3) is 5.12. The molecule has 0 bridgehead atoms. The Balaban J connectivity index is 1.22. The lowest BCUT2D eigenvalue weighted by Crippen LogP contribution is -2.46. The average Bonchev–Trinajstić information content (AvgIpc) is 3.18. The number of amides is 2. The van der Waals surface area contributed by atoms with Crippen LogP contribution in [-0.4, -0.2) is 56.0 Å². The number of alkyl carbamates (subject to hydrolysis) is 1. The predicted molar refractivity (Wildman–Crippen MR) is 125 cm³/mol. The average molecular weight is 465 g/mol. The maximum Gasteiger partial charge on any atom is 0.407 e. The van der Waals surface area contributed by atoms with E-state index in [-0.39, 0.29) is 25.6 Å². The van der Waals surface area contributed by atoms with E-state index >= 15 is 0 Å². The largest absolute Gasteiger partial charge is 0.481 e. The predicted octanol–water partition coefficient (Wildman–Crippen LogP) is 3.08. The number of nitrogens with one attached hydrogen (secondary N) is 2. The molecule has 0 unspecified atom stereocenters. The molecule has 34 heavy (non-hydrogen) atoms. The first kappa shape index (κ1) is 23.5. The smallest absolute Gasteiger partial charge is 0.407 e. The maximum absolute atomic E-state index is 12.2. The zero-order valence-electron chi connectivity index (χ0n) is 18.8. The standard InChI is InChI=1S/C26H28N2O6/c29-23(28-17-26(24(30)31)11-14-33-15-12-26)10-5-13-27-25(32)34-16-22-20-8-3-1-6-18(20)19-7-2-4-9-21(19)22/h1-10,22H,11-17H2,(H,27,32)(H,28,29)(H,30,31)/b10-5+. The highest BCUT2D eigenvalue weighted by Crippen LogP contribution is 2.44. The molecule has 2 aliphatic rings. The molecule has 4 rings (SSSR count). The second kappa shape index (κ2) is 10.5. The molecule has 2 amide bonds. The van der Waals surface area contributed by atoms with Crippen LogP contribution in [0.4, 0.5) is 4.79 Å². The lowest BCUT2D eigenvalue weighted by Gasteiger charge is -2.32. The second-order valence-electron chi connectivity index (χ2n) is 8.52. The molecule has 1 saturated heterocycles. The zero-order chi connectivity index (χ0) is 24.0. The molecule has 1 aliphatic carbocycles. The fraction of sp³-hybridized carbons (Fsp3) is 0.346. The van der Waals surface area contributed by atoms with Crippen LogP contribution < -0.4 is 10.6 Å². The van der Waals surface area contributed by atoms with E-state index in [0.29, 0.717) is 26.1 Å². The summed E-state index contributed by atoms with van der Waals surface area (Å²) in [6.07, 6.45) is 2.91. The Kier molecular flexibility index (Phi) is 7.27. The van der Waals surface area contributed by atoms with E-state index in [0.717, 1.165) is 22.3 Å². The van der Waals surface area contributed by atoms with Gasteiger partial charge in [-0.3, -0.25) is 9.59 Å². The number of carboxylic acids is 1. The van der Waals surface area contributed by atoms with Gasteiger partial charge in [-0.1, -0.05) is 54.6 Å². The number of benzene rings is 2. The summed E-state index contributed by atoms with van der Waals surface area (Å²) < 4.78 is 10.7. The second-order valence-corrected chi connectivity index (χ2v) is 8.52. The molecule has 2 aromatic rings. The monoisotopic (exact) mass is 464 g/mol. The fourth-order valence-electron chi connectivity index (χ4n) is 4.50. The minimum atomic E-state index is -0.999. The molecular formula is C26H28N2O6. The number of carboxylic acid groups (broad SMARTS) is 1. The molecular weight excluding hydrogens is 436 g/mol. The van der Waals surface area contributed by atoms with E-state index in [9.17, 15) is 19.5 Å². The van der Waals surface area contributed by atoms with Gasteiger partial charge in [0.25, 0.3) is 0 Å². The van der Waals surface area contributed by atoms with E-state index in [1.807, 2.05) is 24.3 Å². The van der Waals surface area contributed by atoms with Crippen molar-refractivity contribution in [1.29, 1.82) is 0 Å². The van der Waals surface area contributed by atoms with Crippen molar-refractivity contribution >= 4 is 18.0 Å². The molecule has 1 aliphatic heterocycles. The van der Waals surface area contributed by atoms with E-state index < -0.39 is 23.4 Å². The summed E-state index contributed by atoms with van der Waals surface area (Å²) in [7, 11) is 0. The fourth-order valence-corrected chi connectivity index (χ4v) is 4.50. The summed E-state index contributed by atoms with van der Waals surface area (Å²) in [5.74, 6) is -1.37. The number of hydrogen-bond acceptors (Lipinski definition) is 5. The lowest BCUT2D eigenvalue weighted by atomic mass is 9.80. The van der Waals surface area contributed by atoms with Gasteiger partial charge in [0.1, 0.15) is 6.61 Å². The first-order chi connectivity index (χ1) is 16.5. The van der Waals surface area contributed by atoms with Gasteiger partial charge in [-0.2, -0.15) is 0 Å². The van der Waals surface area contributed by atoms with Crippen LogP contribution in [0.5, 0.6) is 0 Å². The Labute approximate surface area is 198 Å². The van der Waals surface area contributed by atoms with E-state index in [1.165, 1.54) is 12.2 Å². The number of carbonyl (C=O) groups excluding carboxylic acids is 2.